The number of H-pyrrole nitrogens is 1. The third kappa shape index (κ3) is 3.73. The Bertz CT molecular complexity index is 720. The van der Waals surface area contributed by atoms with E-state index in [1.54, 1.807) is 0 Å². The fourth-order valence-electron chi connectivity index (χ4n) is 3.18. The number of piperazine rings is 1. The summed E-state index contributed by atoms with van der Waals surface area (Å²) in [7, 11) is 0. The molecule has 1 aliphatic heterocycles. The molecule has 1 atom stereocenters. The topological polar surface area (TPSA) is 31.1 Å². The van der Waals surface area contributed by atoms with Crippen LogP contribution in [0.15, 0.2) is 48.0 Å². The zero-order valence-electron chi connectivity index (χ0n) is 12.7. The first-order chi connectivity index (χ1) is 10.4. The molecule has 124 valence electrons. The van der Waals surface area contributed by atoms with Gasteiger partial charge in [0.2, 0.25) is 0 Å². The molecule has 0 amide bonds. The normalized spacial score (nSPS) is 16.5. The largest absolute Gasteiger partial charge is 0.361 e. The second-order valence-electron chi connectivity index (χ2n) is 5.53. The molecule has 2 aromatic heterocycles. The third-order valence-electron chi connectivity index (χ3n) is 4.22. The van der Waals surface area contributed by atoms with E-state index in [0.29, 0.717) is 6.04 Å². The van der Waals surface area contributed by atoms with Crippen molar-refractivity contribution in [2.45, 2.75) is 6.04 Å². The zero-order chi connectivity index (χ0) is 14.1. The van der Waals surface area contributed by atoms with Gasteiger partial charge in [-0.1, -0.05) is 18.2 Å². The van der Waals surface area contributed by atoms with Gasteiger partial charge in [0, 0.05) is 42.8 Å². The van der Waals surface area contributed by atoms with Crippen molar-refractivity contribution in [2.75, 3.05) is 26.2 Å². The van der Waals surface area contributed by atoms with Gasteiger partial charge in [0.25, 0.3) is 0 Å². The Hall–Kier alpha value is -1.04. The van der Waals surface area contributed by atoms with Crippen molar-refractivity contribution in [1.82, 2.24) is 15.2 Å². The molecule has 2 N–H and O–H groups in total. The molecule has 1 aliphatic rings. The summed E-state index contributed by atoms with van der Waals surface area (Å²) in [5.41, 5.74) is 2.61. The number of benzene rings is 1. The van der Waals surface area contributed by atoms with Gasteiger partial charge in [0.05, 0.1) is 6.04 Å². The van der Waals surface area contributed by atoms with E-state index in [9.17, 15) is 0 Å². The van der Waals surface area contributed by atoms with E-state index in [1.807, 2.05) is 17.5 Å². The van der Waals surface area contributed by atoms with Crippen LogP contribution in [-0.2, 0) is 0 Å². The van der Waals surface area contributed by atoms with Crippen LogP contribution in [0.1, 0.15) is 16.5 Å². The fraction of sp³-hybridized carbons (Fsp3) is 0.294. The predicted octanol–water partition coefficient (Wildman–Crippen LogP) is 4.07. The number of aromatic amines is 1. The summed E-state index contributed by atoms with van der Waals surface area (Å²) < 4.78 is 0. The number of nitrogens with one attached hydrogen (secondary N) is 2. The van der Waals surface area contributed by atoms with Crippen LogP contribution in [-0.4, -0.2) is 36.1 Å². The van der Waals surface area contributed by atoms with Gasteiger partial charge in [0.15, 0.2) is 0 Å². The van der Waals surface area contributed by atoms with Gasteiger partial charge in [-0.25, -0.2) is 0 Å². The maximum Gasteiger partial charge on any atom is 0.0697 e. The molecule has 3 heterocycles. The molecular formula is C17H21Cl2N3S. The number of hydrogen-bond donors (Lipinski definition) is 2. The van der Waals surface area contributed by atoms with E-state index in [-0.39, 0.29) is 24.8 Å². The molecule has 0 unspecified atom stereocenters. The molecule has 0 aliphatic carbocycles. The molecule has 3 nitrogen and oxygen atoms in total. The monoisotopic (exact) mass is 369 g/mol. The van der Waals surface area contributed by atoms with Crippen LogP contribution in [0.4, 0.5) is 0 Å². The van der Waals surface area contributed by atoms with E-state index in [1.165, 1.54) is 21.3 Å². The second-order valence-corrected chi connectivity index (χ2v) is 6.51. The predicted molar refractivity (Wildman–Crippen MR) is 103 cm³/mol. The molecular weight excluding hydrogens is 349 g/mol. The summed E-state index contributed by atoms with van der Waals surface area (Å²) in [6.07, 6.45) is 2.01. The molecule has 0 bridgehead atoms. The number of hydrogen-bond acceptors (Lipinski definition) is 3. The SMILES string of the molecule is Cl.Cl.c1csc([C@@H](c2ccc3cc[nH]c3c2)N2CCNCC2)c1. The van der Waals surface area contributed by atoms with Gasteiger partial charge in [-0.2, -0.15) is 0 Å². The first-order valence-electron chi connectivity index (χ1n) is 7.47. The highest BCUT2D eigenvalue weighted by Crippen LogP contribution is 2.33. The smallest absolute Gasteiger partial charge is 0.0697 e. The Morgan fingerprint density at radius 2 is 1.87 bits per heavy atom. The molecule has 1 saturated heterocycles. The Morgan fingerprint density at radius 3 is 2.61 bits per heavy atom. The molecule has 1 aromatic carbocycles. The highest BCUT2D eigenvalue weighted by Gasteiger charge is 2.24. The van der Waals surface area contributed by atoms with Crippen molar-refractivity contribution in [3.05, 3.63) is 58.4 Å². The minimum absolute atomic E-state index is 0. The summed E-state index contributed by atoms with van der Waals surface area (Å²) in [5.74, 6) is 0. The van der Waals surface area contributed by atoms with E-state index in [2.05, 4.69) is 57.0 Å². The van der Waals surface area contributed by atoms with E-state index in [0.717, 1.165) is 26.2 Å². The number of thiophene rings is 1. The van der Waals surface area contributed by atoms with Crippen molar-refractivity contribution in [3.63, 3.8) is 0 Å². The molecule has 0 radical (unpaired) electrons. The lowest BCUT2D eigenvalue weighted by atomic mass is 10.0. The van der Waals surface area contributed by atoms with Crippen molar-refractivity contribution in [1.29, 1.82) is 0 Å². The van der Waals surface area contributed by atoms with E-state index >= 15 is 0 Å². The van der Waals surface area contributed by atoms with Crippen LogP contribution in [0.2, 0.25) is 0 Å². The number of fused-ring (bicyclic) bond motifs is 1. The van der Waals surface area contributed by atoms with Crippen LogP contribution >= 0.6 is 36.2 Å². The zero-order valence-corrected chi connectivity index (χ0v) is 15.1. The summed E-state index contributed by atoms with van der Waals surface area (Å²) >= 11 is 1.85. The fourth-order valence-corrected chi connectivity index (χ4v) is 4.06. The van der Waals surface area contributed by atoms with Gasteiger partial charge in [-0.05, 0) is 34.5 Å². The minimum Gasteiger partial charge on any atom is -0.361 e. The summed E-state index contributed by atoms with van der Waals surface area (Å²) in [5, 5.41) is 6.91. The third-order valence-corrected chi connectivity index (χ3v) is 5.15. The lowest BCUT2D eigenvalue weighted by Crippen LogP contribution is -2.45. The quantitative estimate of drug-likeness (QED) is 0.728. The Morgan fingerprint density at radius 1 is 1.04 bits per heavy atom. The second kappa shape index (κ2) is 8.18. The van der Waals surface area contributed by atoms with E-state index in [4.69, 9.17) is 0 Å². The lowest BCUT2D eigenvalue weighted by molar-refractivity contribution is 0.201. The number of aromatic nitrogens is 1. The van der Waals surface area contributed by atoms with Crippen LogP contribution in [0, 0.1) is 0 Å². The number of halogens is 2. The van der Waals surface area contributed by atoms with Gasteiger partial charge >= 0.3 is 0 Å². The molecule has 23 heavy (non-hydrogen) atoms. The van der Waals surface area contributed by atoms with E-state index < -0.39 is 0 Å². The van der Waals surface area contributed by atoms with Gasteiger partial charge in [-0.15, -0.1) is 36.2 Å². The number of rotatable bonds is 3. The maximum atomic E-state index is 3.45. The van der Waals surface area contributed by atoms with Crippen LogP contribution < -0.4 is 5.32 Å². The molecule has 6 heteroatoms. The Kier molecular flexibility index (Phi) is 6.50. The first-order valence-corrected chi connectivity index (χ1v) is 8.35. The molecule has 3 aromatic rings. The lowest BCUT2D eigenvalue weighted by Gasteiger charge is -2.34. The highest BCUT2D eigenvalue weighted by molar-refractivity contribution is 7.10. The molecule has 4 rings (SSSR count). The maximum absolute atomic E-state index is 3.45. The van der Waals surface area contributed by atoms with Gasteiger partial charge < -0.3 is 10.3 Å². The summed E-state index contributed by atoms with van der Waals surface area (Å²) in [4.78, 5) is 7.36. The van der Waals surface area contributed by atoms with Crippen molar-refractivity contribution in [2.24, 2.45) is 0 Å². The average Bonchev–Trinajstić information content (AvgIpc) is 3.19. The standard InChI is InChI=1S/C17H19N3S.2ClH/c1-2-16(21-11-1)17(20-9-7-18-8-10-20)14-4-3-13-5-6-19-15(13)12-14;;/h1-6,11-12,17-19H,7-10H2;2*1H/t17-;;/m1../s1. The first kappa shape index (κ1) is 18.3. The minimum atomic E-state index is 0. The Labute approximate surface area is 152 Å². The van der Waals surface area contributed by atoms with Crippen molar-refractivity contribution >= 4 is 47.1 Å². The molecule has 1 fully saturated rings. The highest BCUT2D eigenvalue weighted by atomic mass is 35.5. The average molecular weight is 370 g/mol. The summed E-state index contributed by atoms with van der Waals surface area (Å²) in [6.45, 7) is 4.36. The van der Waals surface area contributed by atoms with Crippen molar-refractivity contribution < 1.29 is 0 Å². The number of nitrogens with zero attached hydrogens (tertiary/aromatic N) is 1. The van der Waals surface area contributed by atoms with Gasteiger partial charge in [-0.3, -0.25) is 4.90 Å². The molecule has 0 spiro atoms. The van der Waals surface area contributed by atoms with Crippen molar-refractivity contribution in [3.8, 4) is 0 Å². The Balaban J connectivity index is 0.000000960. The van der Waals surface area contributed by atoms with Crippen LogP contribution in [0.5, 0.6) is 0 Å². The van der Waals surface area contributed by atoms with Crippen LogP contribution in [0.25, 0.3) is 10.9 Å². The summed E-state index contributed by atoms with van der Waals surface area (Å²) in [6, 6.07) is 13.7. The van der Waals surface area contributed by atoms with Crippen LogP contribution in [0.3, 0.4) is 0 Å². The van der Waals surface area contributed by atoms with Gasteiger partial charge in [0.1, 0.15) is 0 Å². The molecule has 0 saturated carbocycles.